The highest BCUT2D eigenvalue weighted by Gasteiger charge is 2.38. The molecule has 0 unspecified atom stereocenters. The molecule has 0 aliphatic carbocycles. The van der Waals surface area contributed by atoms with E-state index in [1.165, 1.54) is 0 Å². The lowest BCUT2D eigenvalue weighted by atomic mass is 9.86. The predicted molar refractivity (Wildman–Crippen MR) is 88.3 cm³/mol. The van der Waals surface area contributed by atoms with E-state index in [4.69, 9.17) is 4.74 Å². The number of rotatable bonds is 3. The van der Waals surface area contributed by atoms with Crippen LogP contribution in [0, 0.1) is 0 Å². The topological polar surface area (TPSA) is 67.4 Å². The van der Waals surface area contributed by atoms with Crippen LogP contribution in [0.3, 0.4) is 0 Å². The molecule has 5 nitrogen and oxygen atoms in total. The Labute approximate surface area is 134 Å². The van der Waals surface area contributed by atoms with E-state index in [-0.39, 0.29) is 12.5 Å². The van der Waals surface area contributed by atoms with Gasteiger partial charge in [0.25, 0.3) is 0 Å². The molecule has 1 aliphatic rings. The summed E-state index contributed by atoms with van der Waals surface area (Å²) in [5.41, 5.74) is 2.60. The fraction of sp³-hybridized carbons (Fsp3) is 0.222. The largest absolute Gasteiger partial charge is 0.444 e. The zero-order chi connectivity index (χ0) is 16.4. The van der Waals surface area contributed by atoms with E-state index in [2.05, 4.69) is 10.6 Å². The Morgan fingerprint density at radius 2 is 1.91 bits per heavy atom. The van der Waals surface area contributed by atoms with Crippen molar-refractivity contribution < 1.29 is 14.3 Å². The SMILES string of the molecule is CC1(C)C(=O)Nc2cc(NC(=O)OCc3ccccc3)ccc21. The molecule has 2 amide bonds. The average Bonchev–Trinajstić information content (AvgIpc) is 2.75. The zero-order valence-electron chi connectivity index (χ0n) is 13.1. The number of nitrogens with one attached hydrogen (secondary N) is 2. The lowest BCUT2D eigenvalue weighted by Crippen LogP contribution is -2.26. The maximum absolute atomic E-state index is 11.9. The summed E-state index contributed by atoms with van der Waals surface area (Å²) in [5.74, 6) is -0.0451. The molecule has 0 spiro atoms. The number of anilines is 2. The van der Waals surface area contributed by atoms with Crippen LogP contribution < -0.4 is 10.6 Å². The molecule has 23 heavy (non-hydrogen) atoms. The van der Waals surface area contributed by atoms with Crippen LogP contribution in [-0.2, 0) is 21.6 Å². The zero-order valence-corrected chi connectivity index (χ0v) is 13.1. The summed E-state index contributed by atoms with van der Waals surface area (Å²) in [7, 11) is 0. The molecular weight excluding hydrogens is 292 g/mol. The molecule has 0 atom stereocenters. The van der Waals surface area contributed by atoms with Gasteiger partial charge in [-0.25, -0.2) is 4.79 Å². The second-order valence-corrected chi connectivity index (χ2v) is 6.03. The Balaban J connectivity index is 1.64. The van der Waals surface area contributed by atoms with Gasteiger partial charge in [0.05, 0.1) is 5.41 Å². The molecule has 2 aromatic carbocycles. The van der Waals surface area contributed by atoms with Gasteiger partial charge in [-0.1, -0.05) is 36.4 Å². The van der Waals surface area contributed by atoms with Crippen molar-refractivity contribution in [2.75, 3.05) is 10.6 Å². The molecule has 0 saturated carbocycles. The number of ether oxygens (including phenoxy) is 1. The van der Waals surface area contributed by atoms with Crippen molar-refractivity contribution >= 4 is 23.4 Å². The first-order chi connectivity index (χ1) is 11.0. The summed E-state index contributed by atoms with van der Waals surface area (Å²) in [6.45, 7) is 3.95. The highest BCUT2D eigenvalue weighted by molar-refractivity contribution is 6.06. The van der Waals surface area contributed by atoms with Crippen LogP contribution in [0.15, 0.2) is 48.5 Å². The summed E-state index contributed by atoms with van der Waals surface area (Å²) < 4.78 is 5.18. The molecule has 2 aromatic rings. The van der Waals surface area contributed by atoms with Gasteiger partial charge < -0.3 is 10.1 Å². The van der Waals surface area contributed by atoms with Crippen molar-refractivity contribution in [2.24, 2.45) is 0 Å². The van der Waals surface area contributed by atoms with E-state index in [9.17, 15) is 9.59 Å². The molecule has 3 rings (SSSR count). The Kier molecular flexibility index (Phi) is 3.78. The van der Waals surface area contributed by atoms with Gasteiger partial charge in [0, 0.05) is 11.4 Å². The monoisotopic (exact) mass is 310 g/mol. The maximum Gasteiger partial charge on any atom is 0.411 e. The third-order valence-corrected chi connectivity index (χ3v) is 3.97. The first kappa shape index (κ1) is 15.1. The highest BCUT2D eigenvalue weighted by Crippen LogP contribution is 2.38. The molecule has 118 valence electrons. The Hall–Kier alpha value is -2.82. The van der Waals surface area contributed by atoms with Crippen molar-refractivity contribution in [1.29, 1.82) is 0 Å². The molecule has 0 fully saturated rings. The van der Waals surface area contributed by atoms with Crippen molar-refractivity contribution in [1.82, 2.24) is 0 Å². The van der Waals surface area contributed by atoms with E-state index in [0.717, 1.165) is 16.8 Å². The van der Waals surface area contributed by atoms with Crippen LogP contribution in [0.25, 0.3) is 0 Å². The quantitative estimate of drug-likeness (QED) is 0.909. The van der Waals surface area contributed by atoms with Crippen LogP contribution in [-0.4, -0.2) is 12.0 Å². The molecule has 0 radical (unpaired) electrons. The van der Waals surface area contributed by atoms with Crippen LogP contribution in [0.2, 0.25) is 0 Å². The summed E-state index contributed by atoms with van der Waals surface area (Å²) in [4.78, 5) is 23.8. The van der Waals surface area contributed by atoms with Gasteiger partial charge >= 0.3 is 6.09 Å². The van der Waals surface area contributed by atoms with Gasteiger partial charge in [0.15, 0.2) is 0 Å². The van der Waals surface area contributed by atoms with Crippen molar-refractivity contribution in [3.05, 3.63) is 59.7 Å². The molecule has 1 heterocycles. The van der Waals surface area contributed by atoms with Gasteiger partial charge in [-0.2, -0.15) is 0 Å². The molecule has 1 aliphatic heterocycles. The number of amides is 2. The molecule has 0 aromatic heterocycles. The second kappa shape index (κ2) is 5.76. The Morgan fingerprint density at radius 1 is 1.17 bits per heavy atom. The van der Waals surface area contributed by atoms with Gasteiger partial charge in [-0.05, 0) is 37.1 Å². The van der Waals surface area contributed by atoms with Gasteiger partial charge in [0.2, 0.25) is 5.91 Å². The summed E-state index contributed by atoms with van der Waals surface area (Å²) in [6.07, 6.45) is -0.530. The standard InChI is InChI=1S/C18H18N2O3/c1-18(2)14-9-8-13(10-15(14)20-16(18)21)19-17(22)23-11-12-6-4-3-5-7-12/h3-10H,11H2,1-2H3,(H,19,22)(H,20,21). The first-order valence-corrected chi connectivity index (χ1v) is 7.40. The lowest BCUT2D eigenvalue weighted by molar-refractivity contribution is -0.119. The number of hydrogen-bond acceptors (Lipinski definition) is 3. The van der Waals surface area contributed by atoms with Crippen molar-refractivity contribution in [3.8, 4) is 0 Å². The van der Waals surface area contributed by atoms with Crippen LogP contribution in [0.5, 0.6) is 0 Å². The van der Waals surface area contributed by atoms with E-state index in [1.54, 1.807) is 12.1 Å². The van der Waals surface area contributed by atoms with Gasteiger partial charge in [-0.3, -0.25) is 10.1 Å². The predicted octanol–water partition coefficient (Wildman–Crippen LogP) is 3.67. The number of hydrogen-bond donors (Lipinski definition) is 2. The minimum absolute atomic E-state index is 0.0451. The normalized spacial score (nSPS) is 14.8. The fourth-order valence-electron chi connectivity index (χ4n) is 2.55. The molecular formula is C18H18N2O3. The van der Waals surface area contributed by atoms with E-state index in [1.807, 2.05) is 50.2 Å². The number of benzene rings is 2. The van der Waals surface area contributed by atoms with Crippen molar-refractivity contribution in [2.45, 2.75) is 25.9 Å². The third-order valence-electron chi connectivity index (χ3n) is 3.97. The van der Waals surface area contributed by atoms with E-state index >= 15 is 0 Å². The molecule has 0 bridgehead atoms. The first-order valence-electron chi connectivity index (χ1n) is 7.40. The van der Waals surface area contributed by atoms with Gasteiger partial charge in [0.1, 0.15) is 6.61 Å². The minimum atomic E-state index is -0.554. The number of fused-ring (bicyclic) bond motifs is 1. The van der Waals surface area contributed by atoms with E-state index < -0.39 is 11.5 Å². The minimum Gasteiger partial charge on any atom is -0.444 e. The smallest absolute Gasteiger partial charge is 0.411 e. The average molecular weight is 310 g/mol. The lowest BCUT2D eigenvalue weighted by Gasteiger charge is -2.15. The van der Waals surface area contributed by atoms with Crippen LogP contribution in [0.4, 0.5) is 16.2 Å². The Morgan fingerprint density at radius 3 is 2.65 bits per heavy atom. The molecule has 5 heteroatoms. The van der Waals surface area contributed by atoms with Crippen LogP contribution >= 0.6 is 0 Å². The van der Waals surface area contributed by atoms with Crippen molar-refractivity contribution in [3.63, 3.8) is 0 Å². The number of carbonyl (C=O) groups is 2. The number of carbonyl (C=O) groups excluding carboxylic acids is 2. The summed E-state index contributed by atoms with van der Waals surface area (Å²) in [5, 5.41) is 5.50. The fourth-order valence-corrected chi connectivity index (χ4v) is 2.55. The second-order valence-electron chi connectivity index (χ2n) is 6.03. The van der Waals surface area contributed by atoms with Gasteiger partial charge in [-0.15, -0.1) is 0 Å². The summed E-state index contributed by atoms with van der Waals surface area (Å²) in [6, 6.07) is 14.8. The summed E-state index contributed by atoms with van der Waals surface area (Å²) >= 11 is 0. The molecule has 2 N–H and O–H groups in total. The Bertz CT molecular complexity index is 754. The molecule has 0 saturated heterocycles. The third kappa shape index (κ3) is 3.04. The highest BCUT2D eigenvalue weighted by atomic mass is 16.5. The van der Waals surface area contributed by atoms with Crippen LogP contribution in [0.1, 0.15) is 25.0 Å². The van der Waals surface area contributed by atoms with E-state index in [0.29, 0.717) is 5.69 Å². The maximum atomic E-state index is 11.9.